The molecule has 0 saturated carbocycles. The van der Waals surface area contributed by atoms with Gasteiger partial charge in [-0.1, -0.05) is 20.6 Å². The van der Waals surface area contributed by atoms with Crippen molar-refractivity contribution in [2.75, 3.05) is 0 Å². The van der Waals surface area contributed by atoms with E-state index in [-0.39, 0.29) is 24.4 Å². The van der Waals surface area contributed by atoms with Gasteiger partial charge in [-0.3, -0.25) is 4.79 Å². The van der Waals surface area contributed by atoms with Gasteiger partial charge in [-0.05, 0) is 103 Å². The first-order valence-electron chi connectivity index (χ1n) is 20.7. The zero-order valence-corrected chi connectivity index (χ0v) is 45.1. The summed E-state index contributed by atoms with van der Waals surface area (Å²) in [6.45, 7) is 20.2. The first-order valence-corrected chi connectivity index (χ1v) is 24.1. The van der Waals surface area contributed by atoms with E-state index in [9.17, 15) is 133 Å². The fourth-order valence-corrected chi connectivity index (χ4v) is 4.49. The van der Waals surface area contributed by atoms with E-state index in [1.807, 2.05) is 0 Å². The van der Waals surface area contributed by atoms with Gasteiger partial charge in [0.15, 0.2) is 19.5 Å². The number of esters is 2. The van der Waals surface area contributed by atoms with Crippen LogP contribution in [0.2, 0.25) is 19.6 Å². The Morgan fingerprint density at radius 3 is 0.790 bits per heavy atom. The van der Waals surface area contributed by atoms with Crippen LogP contribution in [0.15, 0.2) is 24.3 Å². The summed E-state index contributed by atoms with van der Waals surface area (Å²) >= 11 is 0. The third-order valence-electron chi connectivity index (χ3n) is 8.15. The number of rotatable bonds is 14. The molecule has 0 heterocycles. The van der Waals surface area contributed by atoms with Crippen LogP contribution in [0.1, 0.15) is 90.5 Å². The molecular formula is C42H62F26O12Si. The first kappa shape index (κ1) is 90.7. The number of alkyl halides is 26. The van der Waals surface area contributed by atoms with Gasteiger partial charge in [0.05, 0.1) is 0 Å². The lowest BCUT2D eigenvalue weighted by atomic mass is 9.94. The van der Waals surface area contributed by atoms with E-state index in [1.54, 1.807) is 0 Å². The normalized spacial score (nSPS) is 14.8. The molecule has 39 heteroatoms. The van der Waals surface area contributed by atoms with E-state index >= 15 is 0 Å². The van der Waals surface area contributed by atoms with Crippen LogP contribution in [0.3, 0.4) is 0 Å². The molecule has 0 aliphatic heterocycles. The Balaban J connectivity index is -0.000000169. The molecule has 0 aliphatic rings. The predicted octanol–water partition coefficient (Wildman–Crippen LogP) is 12.3. The van der Waals surface area contributed by atoms with Crippen molar-refractivity contribution in [1.82, 2.24) is 0 Å². The smallest absolute Gasteiger partial charge is 0.450 e. The van der Waals surface area contributed by atoms with Crippen molar-refractivity contribution in [2.45, 2.75) is 218 Å². The predicted molar refractivity (Wildman–Crippen MR) is 233 cm³/mol. The van der Waals surface area contributed by atoms with E-state index in [0.717, 1.165) is 6.92 Å². The zero-order valence-electron chi connectivity index (χ0n) is 44.1. The molecule has 3 unspecified atom stereocenters. The standard InChI is InChI=1S/C13H21F5O3Si.C10H13F5O3.C6H9F5O2.C6H7F5O2.C3H2F6O.C3H6O.CH4/c1-8(2)9(19)20-11(3,4)12(14,15)10(13(16,17)18)21-22(5,6)7;1-5(2)6(16)18-8(3,4)9(11,12)7(17)10(13,14)15;2*1-4(2,13)5(7,8)3(12)6(9,10)11;4-2(5,6)1(10)3(7,8)9;1-3(2)4;/h10H,1H2,2-7H3;7,17H,1H2,2-4H3;3,12-13H,1-2H3;13H,1-2H3;1,10H;1-2H3;1H4. The molecule has 0 aromatic heterocycles. The van der Waals surface area contributed by atoms with Crippen molar-refractivity contribution in [1.29, 1.82) is 0 Å². The summed E-state index contributed by atoms with van der Waals surface area (Å²) in [4.78, 5) is 42.0. The van der Waals surface area contributed by atoms with Crippen LogP contribution in [0.5, 0.6) is 0 Å². The van der Waals surface area contributed by atoms with Crippen molar-refractivity contribution < 1.29 is 173 Å². The Hall–Kier alpha value is -4.08. The maximum atomic E-state index is 14.4. The molecule has 0 radical (unpaired) electrons. The molecule has 12 nitrogen and oxygen atoms in total. The third-order valence-corrected chi connectivity index (χ3v) is 9.09. The Morgan fingerprint density at radius 2 is 0.654 bits per heavy atom. The van der Waals surface area contributed by atoms with E-state index in [4.69, 9.17) is 25.5 Å². The molecule has 81 heavy (non-hydrogen) atoms. The second-order valence-electron chi connectivity index (χ2n) is 19.2. The second-order valence-corrected chi connectivity index (χ2v) is 23.6. The minimum Gasteiger partial charge on any atom is -0.450 e. The van der Waals surface area contributed by atoms with Crippen molar-refractivity contribution >= 4 is 31.8 Å². The Morgan fingerprint density at radius 1 is 0.420 bits per heavy atom. The third kappa shape index (κ3) is 31.4. The highest BCUT2D eigenvalue weighted by molar-refractivity contribution is 6.69. The molecule has 0 aromatic rings. The van der Waals surface area contributed by atoms with Crippen LogP contribution < -0.4 is 0 Å². The van der Waals surface area contributed by atoms with Crippen LogP contribution in [0.4, 0.5) is 114 Å². The molecule has 0 aliphatic carbocycles. The molecule has 0 rings (SSSR count). The van der Waals surface area contributed by atoms with Gasteiger partial charge < -0.3 is 44.2 Å². The van der Waals surface area contributed by atoms with Gasteiger partial charge in [-0.15, -0.1) is 0 Å². The summed E-state index contributed by atoms with van der Waals surface area (Å²) < 4.78 is 330. The van der Waals surface area contributed by atoms with Crippen molar-refractivity contribution in [2.24, 2.45) is 0 Å². The van der Waals surface area contributed by atoms with Gasteiger partial charge in [0.25, 0.3) is 0 Å². The zero-order chi connectivity index (χ0) is 67.4. The largest absolute Gasteiger partial charge is 0.456 e. The summed E-state index contributed by atoms with van der Waals surface area (Å²) in [5.74, 6) is -24.2. The summed E-state index contributed by atoms with van der Waals surface area (Å²) in [7, 11) is -2.94. The van der Waals surface area contributed by atoms with Crippen LogP contribution in [-0.2, 0) is 33.1 Å². The molecule has 488 valence electrons. The van der Waals surface area contributed by atoms with E-state index in [1.165, 1.54) is 40.4 Å². The molecule has 0 saturated heterocycles. The minimum atomic E-state index is -5.65. The van der Waals surface area contributed by atoms with Crippen LogP contribution in [-0.4, -0.2) is 165 Å². The molecule has 0 spiro atoms. The fraction of sp³-hybridized carbons (Fsp3) is 0.810. The van der Waals surface area contributed by atoms with Crippen molar-refractivity contribution in [3.05, 3.63) is 24.3 Å². The quantitative estimate of drug-likeness (QED) is 0.0478. The highest BCUT2D eigenvalue weighted by Gasteiger charge is 2.68. The minimum absolute atomic E-state index is 0. The summed E-state index contributed by atoms with van der Waals surface area (Å²) in [6.07, 6.45) is -48.6. The van der Waals surface area contributed by atoms with Gasteiger partial charge in [0.2, 0.25) is 24.4 Å². The van der Waals surface area contributed by atoms with Gasteiger partial charge in [-0.2, -0.15) is 105 Å². The van der Waals surface area contributed by atoms with E-state index < -0.39 is 134 Å². The number of carbonyl (C=O) groups excluding carboxylic acids is 4. The highest BCUT2D eigenvalue weighted by atomic mass is 28.4. The molecule has 0 aromatic carbocycles. The summed E-state index contributed by atoms with van der Waals surface area (Å²) in [5, 5.41) is 41.6. The second kappa shape index (κ2) is 30.1. The number of hydrogen-bond acceptors (Lipinski definition) is 12. The monoisotopic (exact) mass is 1280 g/mol. The Bertz CT molecular complexity index is 1980. The number of halogens is 26. The highest BCUT2D eigenvalue weighted by Crippen LogP contribution is 2.45. The number of ketones is 2. The van der Waals surface area contributed by atoms with E-state index in [2.05, 4.69) is 27.1 Å². The van der Waals surface area contributed by atoms with Crippen LogP contribution >= 0.6 is 0 Å². The molecule has 0 bridgehead atoms. The average Bonchev–Trinajstić information content (AvgIpc) is 3.15. The number of aliphatic hydroxyl groups excluding tert-OH is 3. The molecule has 0 fully saturated rings. The van der Waals surface area contributed by atoms with Gasteiger partial charge in [0, 0.05) is 11.1 Å². The lowest BCUT2D eigenvalue weighted by Gasteiger charge is -2.41. The number of hydrogen-bond donors (Lipinski definition) is 5. The Kier molecular flexibility index (Phi) is 33.7. The van der Waals surface area contributed by atoms with E-state index in [0.29, 0.717) is 55.4 Å². The number of carbonyl (C=O) groups is 4. The average molecular weight is 1280 g/mol. The van der Waals surface area contributed by atoms with Crippen molar-refractivity contribution in [3.63, 3.8) is 0 Å². The molecule has 0 amide bonds. The molecule has 3 atom stereocenters. The lowest BCUT2D eigenvalue weighted by molar-refractivity contribution is -0.309. The maximum absolute atomic E-state index is 14.4. The summed E-state index contributed by atoms with van der Waals surface area (Å²) in [5.41, 5.74) is -12.0. The topological polar surface area (TPSA) is 197 Å². The van der Waals surface area contributed by atoms with Crippen molar-refractivity contribution in [3.8, 4) is 0 Å². The number of ether oxygens (including phenoxy) is 2. The van der Waals surface area contributed by atoms with Gasteiger partial charge in [0.1, 0.15) is 17.0 Å². The van der Waals surface area contributed by atoms with Gasteiger partial charge >= 0.3 is 78.5 Å². The molecular weight excluding hydrogens is 1220 g/mol. The summed E-state index contributed by atoms with van der Waals surface area (Å²) in [6, 6.07) is 0. The SMILES string of the molecule is C.C=C(C)C(=O)OC(C)(C)C(F)(F)C(O)C(F)(F)F.C=C(C)C(=O)OC(C)(C)C(F)(F)C(O[Si](C)(C)C)C(F)(F)F.CC(C)(O)C(F)(F)C(=O)C(F)(F)F.CC(C)(O)C(F)(F)C(O)C(F)(F)F.CC(C)=O.OC(C(F)(F)F)C(F)(F)F. The molecule has 5 N–H and O–H groups in total. The fourth-order valence-electron chi connectivity index (χ4n) is 3.51. The number of Topliss-reactive ketones (excluding diaryl/α,β-unsaturated/α-hetero) is 2. The van der Waals surface area contributed by atoms with Crippen LogP contribution in [0, 0.1) is 0 Å². The van der Waals surface area contributed by atoms with Crippen LogP contribution in [0.25, 0.3) is 0 Å². The maximum Gasteiger partial charge on any atom is 0.456 e. The number of aliphatic hydroxyl groups is 5. The Labute approximate surface area is 446 Å². The van der Waals surface area contributed by atoms with Gasteiger partial charge in [-0.25, -0.2) is 18.4 Å². The first-order chi connectivity index (χ1) is 33.8. The lowest BCUT2D eigenvalue weighted by Crippen LogP contribution is -2.61.